The number of ether oxygens (including phenoxy) is 3. The molecule has 0 bridgehead atoms. The number of nitrogens with one attached hydrogen (secondary N) is 1. The summed E-state index contributed by atoms with van der Waals surface area (Å²) in [6, 6.07) is 13.3. The van der Waals surface area contributed by atoms with Gasteiger partial charge in [0, 0.05) is 25.2 Å². The van der Waals surface area contributed by atoms with Crippen LogP contribution in [-0.4, -0.2) is 51.2 Å². The summed E-state index contributed by atoms with van der Waals surface area (Å²) in [5.74, 6) is 1.45. The summed E-state index contributed by atoms with van der Waals surface area (Å²) in [5, 5.41) is 3.31. The molecule has 1 N–H and O–H groups in total. The molecular weight excluding hydrogens is 344 g/mol. The van der Waals surface area contributed by atoms with Crippen LogP contribution in [0.2, 0.25) is 0 Å². The number of carbonyl (C=O) groups is 1. The van der Waals surface area contributed by atoms with E-state index < -0.39 is 0 Å². The van der Waals surface area contributed by atoms with Crippen molar-refractivity contribution >= 4 is 5.91 Å². The van der Waals surface area contributed by atoms with Gasteiger partial charge in [0.25, 0.3) is 5.91 Å². The van der Waals surface area contributed by atoms with E-state index in [0.29, 0.717) is 36.0 Å². The minimum absolute atomic E-state index is 0.0232. The Labute approximate surface area is 160 Å². The van der Waals surface area contributed by atoms with E-state index in [2.05, 4.69) is 5.32 Å². The lowest BCUT2D eigenvalue weighted by molar-refractivity contribution is 0.0765. The van der Waals surface area contributed by atoms with E-state index >= 15 is 0 Å². The first kappa shape index (κ1) is 19.0. The first-order valence-corrected chi connectivity index (χ1v) is 9.15. The first-order valence-electron chi connectivity index (χ1n) is 9.15. The molecule has 1 heterocycles. The number of nitrogens with zero attached hydrogens (tertiary/aromatic N) is 1. The van der Waals surface area contributed by atoms with Crippen LogP contribution in [0.5, 0.6) is 17.2 Å². The van der Waals surface area contributed by atoms with Crippen molar-refractivity contribution in [2.45, 2.75) is 13.0 Å². The lowest BCUT2D eigenvalue weighted by atomic mass is 10.1. The lowest BCUT2D eigenvalue weighted by Gasteiger charge is -2.21. The average Bonchev–Trinajstić information content (AvgIpc) is 3.01. The monoisotopic (exact) mass is 370 g/mol. The number of methoxy groups -OCH3 is 2. The van der Waals surface area contributed by atoms with Crippen LogP contribution in [0.15, 0.2) is 42.5 Å². The highest BCUT2D eigenvalue weighted by Gasteiger charge is 2.22. The molecule has 0 atom stereocenters. The van der Waals surface area contributed by atoms with Gasteiger partial charge in [-0.05, 0) is 30.7 Å². The maximum atomic E-state index is 12.9. The SMILES string of the molecule is COc1cc(C(=O)N2CCCNCC2)cc(OC)c1OCc1ccccc1. The van der Waals surface area contributed by atoms with Crippen molar-refractivity contribution in [3.8, 4) is 17.2 Å². The lowest BCUT2D eigenvalue weighted by Crippen LogP contribution is -2.34. The molecule has 0 spiro atoms. The number of amides is 1. The zero-order valence-corrected chi connectivity index (χ0v) is 15.9. The van der Waals surface area contributed by atoms with Gasteiger partial charge < -0.3 is 24.4 Å². The Bertz CT molecular complexity index is 731. The second kappa shape index (κ2) is 9.28. The third-order valence-corrected chi connectivity index (χ3v) is 4.56. The molecule has 27 heavy (non-hydrogen) atoms. The van der Waals surface area contributed by atoms with Gasteiger partial charge in [-0.2, -0.15) is 0 Å². The number of hydrogen-bond acceptors (Lipinski definition) is 5. The van der Waals surface area contributed by atoms with Crippen molar-refractivity contribution in [1.82, 2.24) is 10.2 Å². The molecule has 0 aliphatic carbocycles. The third-order valence-electron chi connectivity index (χ3n) is 4.56. The van der Waals surface area contributed by atoms with Gasteiger partial charge in [-0.1, -0.05) is 30.3 Å². The van der Waals surface area contributed by atoms with E-state index in [1.54, 1.807) is 26.4 Å². The van der Waals surface area contributed by atoms with Crippen LogP contribution >= 0.6 is 0 Å². The van der Waals surface area contributed by atoms with Crippen molar-refractivity contribution in [1.29, 1.82) is 0 Å². The summed E-state index contributed by atoms with van der Waals surface area (Å²) in [6.07, 6.45) is 0.943. The molecule has 1 saturated heterocycles. The minimum atomic E-state index is -0.0232. The maximum absolute atomic E-state index is 12.9. The molecule has 1 fully saturated rings. The number of carbonyl (C=O) groups excluding carboxylic acids is 1. The molecule has 0 unspecified atom stereocenters. The summed E-state index contributed by atoms with van der Waals surface area (Å²) in [7, 11) is 3.13. The molecule has 1 aliphatic rings. The summed E-state index contributed by atoms with van der Waals surface area (Å²) in [5.41, 5.74) is 1.58. The summed E-state index contributed by atoms with van der Waals surface area (Å²) in [6.45, 7) is 3.55. The van der Waals surface area contributed by atoms with Crippen molar-refractivity contribution in [2.75, 3.05) is 40.4 Å². The molecule has 6 nitrogen and oxygen atoms in total. The molecule has 0 saturated carbocycles. The Morgan fingerprint density at radius 2 is 1.74 bits per heavy atom. The van der Waals surface area contributed by atoms with Crippen LogP contribution in [-0.2, 0) is 6.61 Å². The van der Waals surface area contributed by atoms with Gasteiger partial charge >= 0.3 is 0 Å². The number of benzene rings is 2. The average molecular weight is 370 g/mol. The maximum Gasteiger partial charge on any atom is 0.254 e. The van der Waals surface area contributed by atoms with Crippen molar-refractivity contribution in [2.24, 2.45) is 0 Å². The standard InChI is InChI=1S/C21H26N2O4/c1-25-18-13-17(21(24)23-11-6-9-22-10-12-23)14-19(26-2)20(18)27-15-16-7-4-3-5-8-16/h3-5,7-8,13-14,22H,6,9-12,15H2,1-2H3. The third kappa shape index (κ3) is 4.71. The zero-order chi connectivity index (χ0) is 19.1. The number of hydrogen-bond donors (Lipinski definition) is 1. The quantitative estimate of drug-likeness (QED) is 0.847. The molecular formula is C21H26N2O4. The van der Waals surface area contributed by atoms with Crippen LogP contribution < -0.4 is 19.5 Å². The highest BCUT2D eigenvalue weighted by atomic mass is 16.5. The smallest absolute Gasteiger partial charge is 0.254 e. The largest absolute Gasteiger partial charge is 0.493 e. The van der Waals surface area contributed by atoms with E-state index in [0.717, 1.165) is 31.6 Å². The van der Waals surface area contributed by atoms with Crippen LogP contribution in [0, 0.1) is 0 Å². The molecule has 6 heteroatoms. The Morgan fingerprint density at radius 1 is 1.04 bits per heavy atom. The molecule has 0 radical (unpaired) electrons. The predicted molar refractivity (Wildman–Crippen MR) is 104 cm³/mol. The minimum Gasteiger partial charge on any atom is -0.493 e. The highest BCUT2D eigenvalue weighted by Crippen LogP contribution is 2.39. The second-order valence-corrected chi connectivity index (χ2v) is 6.38. The Morgan fingerprint density at radius 3 is 2.41 bits per heavy atom. The van der Waals surface area contributed by atoms with Gasteiger partial charge in [0.2, 0.25) is 5.75 Å². The molecule has 0 aromatic heterocycles. The van der Waals surface area contributed by atoms with Crippen LogP contribution in [0.1, 0.15) is 22.3 Å². The van der Waals surface area contributed by atoms with E-state index in [1.807, 2.05) is 35.2 Å². The van der Waals surface area contributed by atoms with Crippen LogP contribution in [0.3, 0.4) is 0 Å². The fraction of sp³-hybridized carbons (Fsp3) is 0.381. The topological polar surface area (TPSA) is 60.0 Å². The summed E-state index contributed by atoms with van der Waals surface area (Å²) >= 11 is 0. The van der Waals surface area contributed by atoms with Gasteiger partial charge in [-0.25, -0.2) is 0 Å². The number of rotatable bonds is 6. The van der Waals surface area contributed by atoms with E-state index in [-0.39, 0.29) is 5.91 Å². The van der Waals surface area contributed by atoms with Gasteiger partial charge in [-0.15, -0.1) is 0 Å². The van der Waals surface area contributed by atoms with Gasteiger partial charge in [0.15, 0.2) is 11.5 Å². The van der Waals surface area contributed by atoms with Gasteiger partial charge in [0.1, 0.15) is 6.61 Å². The fourth-order valence-corrected chi connectivity index (χ4v) is 3.11. The van der Waals surface area contributed by atoms with E-state index in [9.17, 15) is 4.79 Å². The van der Waals surface area contributed by atoms with Gasteiger partial charge in [-0.3, -0.25) is 4.79 Å². The van der Waals surface area contributed by atoms with E-state index in [4.69, 9.17) is 14.2 Å². The molecule has 2 aromatic carbocycles. The summed E-state index contributed by atoms with van der Waals surface area (Å²) in [4.78, 5) is 14.8. The first-order chi connectivity index (χ1) is 13.2. The Hall–Kier alpha value is -2.73. The van der Waals surface area contributed by atoms with Crippen molar-refractivity contribution in [3.05, 3.63) is 53.6 Å². The normalized spacial score (nSPS) is 14.4. The predicted octanol–water partition coefficient (Wildman–Crippen LogP) is 2.72. The van der Waals surface area contributed by atoms with Crippen molar-refractivity contribution < 1.29 is 19.0 Å². The van der Waals surface area contributed by atoms with Crippen LogP contribution in [0.4, 0.5) is 0 Å². The molecule has 1 amide bonds. The zero-order valence-electron chi connectivity index (χ0n) is 15.9. The highest BCUT2D eigenvalue weighted by molar-refractivity contribution is 5.95. The molecule has 144 valence electrons. The van der Waals surface area contributed by atoms with Crippen LogP contribution in [0.25, 0.3) is 0 Å². The fourth-order valence-electron chi connectivity index (χ4n) is 3.11. The summed E-state index contributed by atoms with van der Waals surface area (Å²) < 4.78 is 16.9. The Kier molecular flexibility index (Phi) is 6.54. The van der Waals surface area contributed by atoms with E-state index in [1.165, 1.54) is 0 Å². The second-order valence-electron chi connectivity index (χ2n) is 6.38. The Balaban J connectivity index is 1.83. The molecule has 2 aromatic rings. The molecule has 3 rings (SSSR count). The molecule has 1 aliphatic heterocycles. The van der Waals surface area contributed by atoms with Gasteiger partial charge in [0.05, 0.1) is 14.2 Å². The van der Waals surface area contributed by atoms with Crippen molar-refractivity contribution in [3.63, 3.8) is 0 Å².